The third-order valence-electron chi connectivity index (χ3n) is 4.69. The van der Waals surface area contributed by atoms with Crippen LogP contribution in [0.2, 0.25) is 0 Å². The van der Waals surface area contributed by atoms with Gasteiger partial charge in [0, 0.05) is 6.92 Å². The molecule has 0 aromatic carbocycles. The van der Waals surface area contributed by atoms with Crippen LogP contribution < -0.4 is 5.32 Å². The van der Waals surface area contributed by atoms with Crippen LogP contribution in [0.25, 0.3) is 0 Å². The van der Waals surface area contributed by atoms with Crippen molar-refractivity contribution in [3.63, 3.8) is 0 Å². The van der Waals surface area contributed by atoms with Crippen molar-refractivity contribution in [2.24, 2.45) is 0 Å². The highest BCUT2D eigenvalue weighted by Gasteiger charge is 2.48. The van der Waals surface area contributed by atoms with E-state index in [1.165, 1.54) is 0 Å². The highest BCUT2D eigenvalue weighted by Crippen LogP contribution is 2.25. The molecule has 13 heteroatoms. The van der Waals surface area contributed by atoms with Gasteiger partial charge in [-0.2, -0.15) is 0 Å². The number of hydrogen-bond donors (Lipinski definition) is 9. The molecular formula is C15H27NO12. The fourth-order valence-corrected chi connectivity index (χ4v) is 3.11. The summed E-state index contributed by atoms with van der Waals surface area (Å²) >= 11 is 0. The highest BCUT2D eigenvalue weighted by atomic mass is 16.7. The number of aliphatic hydroxyl groups excluding tert-OH is 8. The SMILES string of the molecule is CC(=O)N[C@H]1[C@H](OC[C@H](O)[C@H]2O[C@H](O)[C@@H](O)[C@@H](O)[C@@H]2O)O[C@H](CO)[C@@H](O)[C@@H]1O. The van der Waals surface area contributed by atoms with Crippen molar-refractivity contribution >= 4 is 5.91 Å². The Kier molecular flexibility index (Phi) is 8.06. The summed E-state index contributed by atoms with van der Waals surface area (Å²) < 4.78 is 15.5. The maximum atomic E-state index is 11.3. The molecule has 9 N–H and O–H groups in total. The van der Waals surface area contributed by atoms with Crippen LogP contribution in [0.1, 0.15) is 6.92 Å². The molecule has 2 saturated heterocycles. The summed E-state index contributed by atoms with van der Waals surface area (Å²) in [5.41, 5.74) is 0. The summed E-state index contributed by atoms with van der Waals surface area (Å²) in [4.78, 5) is 11.3. The standard InChI is InChI=1S/C15H27NO12/c1-4(18)16-7-9(21)8(20)6(2-17)27-15(7)26-3-5(19)13-11(23)10(22)12(24)14(25)28-13/h5-15,17,19-25H,2-3H2,1H3,(H,16,18)/t5-,6+,7+,8+,9+,10-,11-,12-,13+,14-,15+/m0/s1. The van der Waals surface area contributed by atoms with Crippen molar-refractivity contribution < 1.29 is 59.9 Å². The summed E-state index contributed by atoms with van der Waals surface area (Å²) in [6, 6.07) is -1.24. The molecule has 2 rings (SSSR count). The average Bonchev–Trinajstić information content (AvgIpc) is 2.65. The number of hydrogen-bond acceptors (Lipinski definition) is 12. The molecule has 0 aliphatic carbocycles. The van der Waals surface area contributed by atoms with Crippen LogP contribution in [0, 0.1) is 0 Å². The van der Waals surface area contributed by atoms with Crippen LogP contribution in [0.15, 0.2) is 0 Å². The van der Waals surface area contributed by atoms with Gasteiger partial charge in [-0.25, -0.2) is 0 Å². The molecule has 0 radical (unpaired) electrons. The van der Waals surface area contributed by atoms with Gasteiger partial charge in [0.15, 0.2) is 12.6 Å². The Morgan fingerprint density at radius 1 is 1.00 bits per heavy atom. The van der Waals surface area contributed by atoms with E-state index in [9.17, 15) is 45.6 Å². The number of carbonyl (C=O) groups excluding carboxylic acids is 1. The van der Waals surface area contributed by atoms with Gasteiger partial charge in [-0.3, -0.25) is 4.79 Å². The Balaban J connectivity index is 2.04. The van der Waals surface area contributed by atoms with Crippen molar-refractivity contribution in [3.05, 3.63) is 0 Å². The molecule has 28 heavy (non-hydrogen) atoms. The lowest BCUT2D eigenvalue weighted by Crippen LogP contribution is -2.65. The van der Waals surface area contributed by atoms with Crippen molar-refractivity contribution in [1.82, 2.24) is 5.32 Å². The minimum absolute atomic E-state index is 0.567. The summed E-state index contributed by atoms with van der Waals surface area (Å²) in [6.07, 6.45) is -16.0. The fourth-order valence-electron chi connectivity index (χ4n) is 3.11. The number of aliphatic hydroxyl groups is 8. The second kappa shape index (κ2) is 9.69. The smallest absolute Gasteiger partial charge is 0.217 e. The lowest BCUT2D eigenvalue weighted by atomic mass is 9.95. The first-order valence-electron chi connectivity index (χ1n) is 8.65. The van der Waals surface area contributed by atoms with Gasteiger partial charge in [-0.1, -0.05) is 0 Å². The van der Waals surface area contributed by atoms with E-state index in [1.54, 1.807) is 0 Å². The number of rotatable bonds is 6. The molecule has 164 valence electrons. The van der Waals surface area contributed by atoms with E-state index in [2.05, 4.69) is 5.32 Å². The van der Waals surface area contributed by atoms with Gasteiger partial charge in [0.2, 0.25) is 5.91 Å². The minimum Gasteiger partial charge on any atom is -0.394 e. The molecule has 2 heterocycles. The Hall–Kier alpha value is -0.970. The lowest BCUT2D eigenvalue weighted by molar-refractivity contribution is -0.309. The quantitative estimate of drug-likeness (QED) is 0.199. The fraction of sp³-hybridized carbons (Fsp3) is 0.933. The van der Waals surface area contributed by atoms with Crippen LogP contribution in [0.4, 0.5) is 0 Å². The van der Waals surface area contributed by atoms with E-state index in [0.717, 1.165) is 6.92 Å². The zero-order chi connectivity index (χ0) is 21.2. The van der Waals surface area contributed by atoms with Gasteiger partial charge >= 0.3 is 0 Å². The van der Waals surface area contributed by atoms with E-state index in [0.29, 0.717) is 0 Å². The Morgan fingerprint density at radius 2 is 1.64 bits per heavy atom. The topological polar surface area (TPSA) is 219 Å². The molecule has 0 unspecified atom stereocenters. The second-order valence-electron chi connectivity index (χ2n) is 6.80. The zero-order valence-electron chi connectivity index (χ0n) is 15.0. The van der Waals surface area contributed by atoms with Crippen LogP contribution in [-0.4, -0.2) is 127 Å². The summed E-state index contributed by atoms with van der Waals surface area (Å²) in [5, 5.41) is 80.4. The van der Waals surface area contributed by atoms with E-state index in [4.69, 9.17) is 14.2 Å². The highest BCUT2D eigenvalue weighted by molar-refractivity contribution is 5.73. The largest absolute Gasteiger partial charge is 0.394 e. The first kappa shape index (κ1) is 23.3. The van der Waals surface area contributed by atoms with Crippen molar-refractivity contribution in [2.45, 2.75) is 74.4 Å². The van der Waals surface area contributed by atoms with Crippen LogP contribution in [-0.2, 0) is 19.0 Å². The van der Waals surface area contributed by atoms with E-state index >= 15 is 0 Å². The van der Waals surface area contributed by atoms with Crippen molar-refractivity contribution in [3.8, 4) is 0 Å². The van der Waals surface area contributed by atoms with Gasteiger partial charge in [0.1, 0.15) is 54.9 Å². The number of amides is 1. The number of nitrogens with one attached hydrogen (secondary N) is 1. The molecule has 2 aliphatic heterocycles. The lowest BCUT2D eigenvalue weighted by Gasteiger charge is -2.43. The van der Waals surface area contributed by atoms with E-state index in [-0.39, 0.29) is 0 Å². The van der Waals surface area contributed by atoms with E-state index in [1.807, 2.05) is 0 Å². The third kappa shape index (κ3) is 4.95. The molecule has 0 saturated carbocycles. The van der Waals surface area contributed by atoms with Crippen molar-refractivity contribution in [2.75, 3.05) is 13.2 Å². The molecule has 1 amide bonds. The number of ether oxygens (including phenoxy) is 3. The first-order chi connectivity index (χ1) is 13.1. The summed E-state index contributed by atoms with van der Waals surface area (Å²) in [6.45, 7) is -0.115. The van der Waals surface area contributed by atoms with Crippen molar-refractivity contribution in [1.29, 1.82) is 0 Å². The summed E-state index contributed by atoms with van der Waals surface area (Å²) in [5.74, 6) is -0.567. The monoisotopic (exact) mass is 413 g/mol. The Bertz CT molecular complexity index is 523. The van der Waals surface area contributed by atoms with Gasteiger partial charge in [-0.05, 0) is 0 Å². The molecule has 2 fully saturated rings. The predicted octanol–water partition coefficient (Wildman–Crippen LogP) is -5.89. The van der Waals surface area contributed by atoms with Gasteiger partial charge in [-0.15, -0.1) is 0 Å². The minimum atomic E-state index is -1.85. The molecule has 13 nitrogen and oxygen atoms in total. The Morgan fingerprint density at radius 3 is 2.21 bits per heavy atom. The molecular weight excluding hydrogens is 386 g/mol. The van der Waals surface area contributed by atoms with Crippen LogP contribution in [0.5, 0.6) is 0 Å². The molecule has 0 spiro atoms. The predicted molar refractivity (Wildman–Crippen MR) is 86.2 cm³/mol. The zero-order valence-corrected chi connectivity index (χ0v) is 15.0. The average molecular weight is 413 g/mol. The molecule has 0 bridgehead atoms. The first-order valence-corrected chi connectivity index (χ1v) is 8.65. The second-order valence-corrected chi connectivity index (χ2v) is 6.80. The Labute approximate surface area is 159 Å². The van der Waals surface area contributed by atoms with Gasteiger partial charge < -0.3 is 60.4 Å². The van der Waals surface area contributed by atoms with Crippen LogP contribution >= 0.6 is 0 Å². The number of carbonyl (C=O) groups is 1. The molecule has 11 atom stereocenters. The maximum Gasteiger partial charge on any atom is 0.217 e. The molecule has 0 aromatic rings. The van der Waals surface area contributed by atoms with E-state index < -0.39 is 86.6 Å². The third-order valence-corrected chi connectivity index (χ3v) is 4.69. The van der Waals surface area contributed by atoms with Crippen LogP contribution in [0.3, 0.4) is 0 Å². The normalized spacial score (nSPS) is 45.5. The molecule has 2 aliphatic rings. The van der Waals surface area contributed by atoms with Gasteiger partial charge in [0.05, 0.1) is 13.2 Å². The maximum absolute atomic E-state index is 11.3. The summed E-state index contributed by atoms with van der Waals surface area (Å²) in [7, 11) is 0. The molecule has 0 aromatic heterocycles. The van der Waals surface area contributed by atoms with Gasteiger partial charge in [0.25, 0.3) is 0 Å².